The van der Waals surface area contributed by atoms with Crippen LogP contribution in [0.5, 0.6) is 0 Å². The highest BCUT2D eigenvalue weighted by molar-refractivity contribution is 5.82. The molecule has 0 aliphatic heterocycles. The number of ether oxygens (including phenoxy) is 1. The molecule has 0 N–H and O–H groups in total. The zero-order valence-corrected chi connectivity index (χ0v) is 19.5. The first-order chi connectivity index (χ1) is 14.1. The van der Waals surface area contributed by atoms with Crippen LogP contribution in [0.1, 0.15) is 74.5 Å². The van der Waals surface area contributed by atoms with E-state index in [4.69, 9.17) is 14.8 Å². The summed E-state index contributed by atoms with van der Waals surface area (Å²) >= 11 is 0. The summed E-state index contributed by atoms with van der Waals surface area (Å²) in [5.74, 6) is -0.609. The van der Waals surface area contributed by atoms with Crippen LogP contribution < -0.4 is 0 Å². The van der Waals surface area contributed by atoms with E-state index in [1.54, 1.807) is 0 Å². The minimum absolute atomic E-state index is 0.228. The Balaban J connectivity index is 2.40. The smallest absolute Gasteiger partial charge is 0.313 e. The van der Waals surface area contributed by atoms with E-state index in [0.29, 0.717) is 6.42 Å². The van der Waals surface area contributed by atoms with Gasteiger partial charge in [-0.25, -0.2) is 9.50 Å². The van der Waals surface area contributed by atoms with Gasteiger partial charge in [0, 0.05) is 22.2 Å². The van der Waals surface area contributed by atoms with Gasteiger partial charge < -0.3 is 4.74 Å². The molecule has 3 aromatic rings. The third kappa shape index (κ3) is 3.98. The van der Waals surface area contributed by atoms with E-state index >= 15 is 0 Å². The molecule has 30 heavy (non-hydrogen) atoms. The number of benzene rings is 1. The second-order valence-corrected chi connectivity index (χ2v) is 9.19. The van der Waals surface area contributed by atoms with Crippen LogP contribution in [-0.2, 0) is 14.9 Å². The summed E-state index contributed by atoms with van der Waals surface area (Å²) in [6, 6.07) is 8.51. The Hall–Kier alpha value is -2.69. The number of nitrogens with zero attached hydrogens (tertiary/aromatic N) is 3. The van der Waals surface area contributed by atoms with Gasteiger partial charge in [-0.3, -0.25) is 4.79 Å². The van der Waals surface area contributed by atoms with E-state index in [1.807, 2.05) is 11.4 Å². The molecule has 0 saturated heterocycles. The van der Waals surface area contributed by atoms with Gasteiger partial charge in [-0.15, -0.1) is 0 Å². The molecule has 2 heterocycles. The Morgan fingerprint density at radius 1 is 1.13 bits per heavy atom. The van der Waals surface area contributed by atoms with Crippen molar-refractivity contribution in [3.63, 3.8) is 0 Å². The molecule has 0 aliphatic rings. The Bertz CT molecular complexity index is 1090. The molecule has 0 radical (unpaired) electrons. The van der Waals surface area contributed by atoms with E-state index < -0.39 is 0 Å². The van der Waals surface area contributed by atoms with Gasteiger partial charge in [-0.2, -0.15) is 5.10 Å². The number of aromatic nitrogens is 3. The van der Waals surface area contributed by atoms with Crippen molar-refractivity contribution in [3.8, 4) is 11.3 Å². The summed E-state index contributed by atoms with van der Waals surface area (Å²) in [5, 5.41) is 5.02. The lowest BCUT2D eigenvalue weighted by Crippen LogP contribution is -2.21. The maximum atomic E-state index is 12.8. The van der Waals surface area contributed by atoms with Gasteiger partial charge in [0.15, 0.2) is 5.65 Å². The van der Waals surface area contributed by atoms with Crippen molar-refractivity contribution in [2.75, 3.05) is 7.11 Å². The highest BCUT2D eigenvalue weighted by Gasteiger charge is 2.34. The molecular weight excluding hydrogens is 374 g/mol. The second kappa shape index (κ2) is 8.21. The van der Waals surface area contributed by atoms with Crippen molar-refractivity contribution in [2.45, 2.75) is 72.6 Å². The molecule has 0 saturated carbocycles. The number of fused-ring (bicyclic) bond motifs is 1. The average molecular weight is 408 g/mol. The zero-order valence-electron chi connectivity index (χ0n) is 19.5. The monoisotopic (exact) mass is 407 g/mol. The standard InChI is InChI=1S/C25H33N3O2/c1-9-10-19(24(29)30-8)21-22(25(5,6)7)27-28-20(14-17(4)26-23(21)28)18-12-11-15(2)16(3)13-18/h11-14,19H,9-10H2,1-8H3. The number of hydrogen-bond acceptors (Lipinski definition) is 4. The quantitative estimate of drug-likeness (QED) is 0.511. The number of rotatable bonds is 5. The molecule has 1 unspecified atom stereocenters. The Labute approximate surface area is 179 Å². The van der Waals surface area contributed by atoms with E-state index in [2.05, 4.69) is 65.8 Å². The number of esters is 1. The van der Waals surface area contributed by atoms with Gasteiger partial charge in [0.05, 0.1) is 24.4 Å². The Kier molecular flexibility index (Phi) is 6.02. The minimum atomic E-state index is -0.381. The van der Waals surface area contributed by atoms with Crippen molar-refractivity contribution in [1.29, 1.82) is 0 Å². The topological polar surface area (TPSA) is 56.5 Å². The van der Waals surface area contributed by atoms with Gasteiger partial charge in [-0.1, -0.05) is 46.2 Å². The molecule has 5 nitrogen and oxygen atoms in total. The molecule has 0 aliphatic carbocycles. The van der Waals surface area contributed by atoms with E-state index in [0.717, 1.165) is 40.3 Å². The first-order valence-corrected chi connectivity index (χ1v) is 10.6. The van der Waals surface area contributed by atoms with Crippen LogP contribution in [-0.4, -0.2) is 27.7 Å². The predicted octanol–water partition coefficient (Wildman–Crippen LogP) is 5.68. The molecule has 2 aromatic heterocycles. The molecule has 1 atom stereocenters. The maximum absolute atomic E-state index is 12.8. The molecule has 0 bridgehead atoms. The normalized spacial score (nSPS) is 12.9. The van der Waals surface area contributed by atoms with Crippen molar-refractivity contribution >= 4 is 11.6 Å². The lowest BCUT2D eigenvalue weighted by atomic mass is 9.83. The first-order valence-electron chi connectivity index (χ1n) is 10.6. The summed E-state index contributed by atoms with van der Waals surface area (Å²) < 4.78 is 7.09. The highest BCUT2D eigenvalue weighted by atomic mass is 16.5. The van der Waals surface area contributed by atoms with Gasteiger partial charge >= 0.3 is 5.97 Å². The second-order valence-electron chi connectivity index (χ2n) is 9.19. The SMILES string of the molecule is CCCC(C(=O)OC)c1c(C(C)(C)C)nn2c(-c3ccc(C)c(C)c3)cc(C)nc12. The maximum Gasteiger partial charge on any atom is 0.313 e. The van der Waals surface area contributed by atoms with Crippen LogP contribution in [0.15, 0.2) is 24.3 Å². The van der Waals surface area contributed by atoms with Crippen LogP contribution in [0.2, 0.25) is 0 Å². The van der Waals surface area contributed by atoms with Crippen LogP contribution in [0.4, 0.5) is 0 Å². The fraction of sp³-hybridized carbons (Fsp3) is 0.480. The highest BCUT2D eigenvalue weighted by Crippen LogP contribution is 2.37. The van der Waals surface area contributed by atoms with Crippen molar-refractivity contribution in [1.82, 2.24) is 14.6 Å². The first kappa shape index (κ1) is 22.0. The van der Waals surface area contributed by atoms with Gasteiger partial charge in [0.1, 0.15) is 0 Å². The number of hydrogen-bond donors (Lipinski definition) is 0. The molecule has 0 amide bonds. The molecule has 3 rings (SSSR count). The molecule has 5 heteroatoms. The average Bonchev–Trinajstić information content (AvgIpc) is 3.06. The largest absolute Gasteiger partial charge is 0.469 e. The van der Waals surface area contributed by atoms with Crippen molar-refractivity contribution in [2.24, 2.45) is 0 Å². The third-order valence-corrected chi connectivity index (χ3v) is 5.68. The fourth-order valence-corrected chi connectivity index (χ4v) is 3.95. The zero-order chi connectivity index (χ0) is 22.2. The molecule has 0 spiro atoms. The molecular formula is C25H33N3O2. The number of carbonyl (C=O) groups is 1. The summed E-state index contributed by atoms with van der Waals surface area (Å²) in [7, 11) is 1.45. The van der Waals surface area contributed by atoms with Crippen LogP contribution in [0.25, 0.3) is 16.9 Å². The van der Waals surface area contributed by atoms with Crippen molar-refractivity contribution < 1.29 is 9.53 Å². The van der Waals surface area contributed by atoms with Gasteiger partial charge in [0.2, 0.25) is 0 Å². The minimum Gasteiger partial charge on any atom is -0.469 e. The summed E-state index contributed by atoms with van der Waals surface area (Å²) in [4.78, 5) is 17.6. The summed E-state index contributed by atoms with van der Waals surface area (Å²) in [5.41, 5.74) is 7.76. The Morgan fingerprint density at radius 2 is 1.83 bits per heavy atom. The Morgan fingerprint density at radius 3 is 2.40 bits per heavy atom. The molecule has 0 fully saturated rings. The van der Waals surface area contributed by atoms with Gasteiger partial charge in [0.25, 0.3) is 0 Å². The summed E-state index contributed by atoms with van der Waals surface area (Å²) in [6.45, 7) is 14.7. The van der Waals surface area contributed by atoms with Crippen LogP contribution in [0.3, 0.4) is 0 Å². The van der Waals surface area contributed by atoms with E-state index in [1.165, 1.54) is 18.2 Å². The number of methoxy groups -OCH3 is 1. The van der Waals surface area contributed by atoms with Crippen LogP contribution >= 0.6 is 0 Å². The fourth-order valence-electron chi connectivity index (χ4n) is 3.95. The van der Waals surface area contributed by atoms with Crippen LogP contribution in [0, 0.1) is 20.8 Å². The van der Waals surface area contributed by atoms with E-state index in [9.17, 15) is 4.79 Å². The number of carbonyl (C=O) groups excluding carboxylic acids is 1. The van der Waals surface area contributed by atoms with Crippen molar-refractivity contribution in [3.05, 3.63) is 52.3 Å². The lowest BCUT2D eigenvalue weighted by Gasteiger charge is -2.21. The van der Waals surface area contributed by atoms with E-state index in [-0.39, 0.29) is 17.3 Å². The molecule has 1 aromatic carbocycles. The number of aryl methyl sites for hydroxylation is 3. The van der Waals surface area contributed by atoms with Gasteiger partial charge in [-0.05, 0) is 50.5 Å². The molecule has 160 valence electrons. The predicted molar refractivity (Wildman–Crippen MR) is 121 cm³/mol. The lowest BCUT2D eigenvalue weighted by molar-refractivity contribution is -0.142. The third-order valence-electron chi connectivity index (χ3n) is 5.68. The summed E-state index contributed by atoms with van der Waals surface area (Å²) in [6.07, 6.45) is 1.57.